The summed E-state index contributed by atoms with van der Waals surface area (Å²) in [6.07, 6.45) is 1.36. The molecule has 0 bridgehead atoms. The van der Waals surface area contributed by atoms with E-state index in [4.69, 9.17) is 4.74 Å². The molecule has 1 aromatic heterocycles. The molecule has 6 heteroatoms. The van der Waals surface area contributed by atoms with Crippen LogP contribution in [0.15, 0.2) is 48.8 Å². The van der Waals surface area contributed by atoms with Gasteiger partial charge in [0, 0.05) is 11.8 Å². The minimum atomic E-state index is -0.282. The molecule has 0 fully saturated rings. The molecule has 6 nitrogen and oxygen atoms in total. The van der Waals surface area contributed by atoms with Crippen LogP contribution in [0.2, 0.25) is 0 Å². The van der Waals surface area contributed by atoms with Crippen molar-refractivity contribution in [1.29, 1.82) is 0 Å². The zero-order chi connectivity index (χ0) is 19.4. The van der Waals surface area contributed by atoms with Crippen LogP contribution in [0.4, 0.5) is 17.2 Å². The molecule has 0 aliphatic carbocycles. The monoisotopic (exact) mass is 362 g/mol. The zero-order valence-corrected chi connectivity index (χ0v) is 15.8. The van der Waals surface area contributed by atoms with Gasteiger partial charge >= 0.3 is 0 Å². The van der Waals surface area contributed by atoms with Crippen LogP contribution < -0.4 is 15.4 Å². The largest absolute Gasteiger partial charge is 0.495 e. The fourth-order valence-electron chi connectivity index (χ4n) is 2.99. The first-order valence-electron chi connectivity index (χ1n) is 8.59. The molecule has 2 aromatic carbocycles. The van der Waals surface area contributed by atoms with Crippen LogP contribution in [0.5, 0.6) is 5.75 Å². The van der Waals surface area contributed by atoms with Crippen LogP contribution in [-0.2, 0) is 0 Å². The molecular formula is C21H22N4O2. The topological polar surface area (TPSA) is 76.1 Å². The van der Waals surface area contributed by atoms with Gasteiger partial charge in [-0.05, 0) is 44.0 Å². The number of nitrogens with zero attached hydrogens (tertiary/aromatic N) is 2. The zero-order valence-electron chi connectivity index (χ0n) is 15.8. The Morgan fingerprint density at radius 1 is 1.00 bits per heavy atom. The van der Waals surface area contributed by atoms with Crippen LogP contribution >= 0.6 is 0 Å². The number of aromatic nitrogens is 2. The molecule has 0 spiro atoms. The lowest BCUT2D eigenvalue weighted by Gasteiger charge is -2.13. The Morgan fingerprint density at radius 2 is 1.70 bits per heavy atom. The van der Waals surface area contributed by atoms with E-state index in [1.807, 2.05) is 57.2 Å². The predicted octanol–water partition coefficient (Wildman–Crippen LogP) is 4.41. The van der Waals surface area contributed by atoms with Gasteiger partial charge in [-0.2, -0.15) is 0 Å². The normalized spacial score (nSPS) is 10.4. The summed E-state index contributed by atoms with van der Waals surface area (Å²) in [4.78, 5) is 21.0. The second-order valence-electron chi connectivity index (χ2n) is 6.34. The number of hydrogen-bond donors (Lipinski definition) is 2. The first-order chi connectivity index (χ1) is 13.0. The molecule has 0 aliphatic heterocycles. The van der Waals surface area contributed by atoms with Gasteiger partial charge in [-0.15, -0.1) is 0 Å². The van der Waals surface area contributed by atoms with E-state index in [9.17, 15) is 4.79 Å². The molecule has 1 amide bonds. The van der Waals surface area contributed by atoms with Crippen LogP contribution in [0.3, 0.4) is 0 Å². The molecule has 0 unspecified atom stereocenters. The number of amides is 1. The second-order valence-corrected chi connectivity index (χ2v) is 6.34. The van der Waals surface area contributed by atoms with Gasteiger partial charge in [0.15, 0.2) is 0 Å². The van der Waals surface area contributed by atoms with Gasteiger partial charge in [0.2, 0.25) is 0 Å². The van der Waals surface area contributed by atoms with Gasteiger partial charge in [0.25, 0.3) is 5.91 Å². The maximum absolute atomic E-state index is 12.7. The number of para-hydroxylation sites is 2. The minimum absolute atomic E-state index is 0.279. The molecule has 2 N–H and O–H groups in total. The molecule has 0 atom stereocenters. The van der Waals surface area contributed by atoms with Gasteiger partial charge in [-0.25, -0.2) is 9.97 Å². The summed E-state index contributed by atoms with van der Waals surface area (Å²) < 4.78 is 5.33. The number of methoxy groups -OCH3 is 1. The summed E-state index contributed by atoms with van der Waals surface area (Å²) in [5.74, 6) is 0.917. The number of carbonyl (C=O) groups excluding carboxylic acids is 1. The lowest BCUT2D eigenvalue weighted by Crippen LogP contribution is -2.16. The number of rotatable bonds is 5. The van der Waals surface area contributed by atoms with Crippen molar-refractivity contribution >= 4 is 23.1 Å². The first kappa shape index (κ1) is 18.4. The number of aryl methyl sites for hydroxylation is 3. The molecule has 0 saturated carbocycles. The Bertz CT molecular complexity index is 962. The summed E-state index contributed by atoms with van der Waals surface area (Å²) in [6.45, 7) is 5.99. The third-order valence-corrected chi connectivity index (χ3v) is 4.18. The van der Waals surface area contributed by atoms with Crippen LogP contribution in [0.25, 0.3) is 0 Å². The number of benzene rings is 2. The average molecular weight is 362 g/mol. The van der Waals surface area contributed by atoms with Gasteiger partial charge in [0.1, 0.15) is 23.6 Å². The van der Waals surface area contributed by atoms with Crippen molar-refractivity contribution in [1.82, 2.24) is 9.97 Å². The van der Waals surface area contributed by atoms with Crippen LogP contribution in [-0.4, -0.2) is 23.0 Å². The third kappa shape index (κ3) is 4.23. The Labute approximate surface area is 158 Å². The van der Waals surface area contributed by atoms with E-state index in [-0.39, 0.29) is 11.6 Å². The second kappa shape index (κ2) is 7.86. The van der Waals surface area contributed by atoms with Crippen molar-refractivity contribution in [3.05, 3.63) is 71.2 Å². The number of ether oxygens (including phenoxy) is 1. The number of anilines is 3. The minimum Gasteiger partial charge on any atom is -0.495 e. The highest BCUT2D eigenvalue weighted by Crippen LogP contribution is 2.26. The summed E-state index contributed by atoms with van der Waals surface area (Å²) >= 11 is 0. The predicted molar refractivity (Wildman–Crippen MR) is 107 cm³/mol. The van der Waals surface area contributed by atoms with Crippen molar-refractivity contribution in [2.75, 3.05) is 17.7 Å². The fourth-order valence-corrected chi connectivity index (χ4v) is 2.99. The molecule has 3 rings (SSSR count). The lowest BCUT2D eigenvalue weighted by atomic mass is 10.0. The molecule has 0 radical (unpaired) electrons. The van der Waals surface area contributed by atoms with E-state index in [1.165, 1.54) is 6.33 Å². The Hall–Kier alpha value is -3.41. The van der Waals surface area contributed by atoms with E-state index >= 15 is 0 Å². The van der Waals surface area contributed by atoms with Crippen molar-refractivity contribution in [3.63, 3.8) is 0 Å². The lowest BCUT2D eigenvalue weighted by molar-refractivity contribution is 0.102. The molecular weight excluding hydrogens is 340 g/mol. The van der Waals surface area contributed by atoms with Crippen molar-refractivity contribution in [2.45, 2.75) is 20.8 Å². The number of nitrogens with one attached hydrogen (secondary N) is 2. The maximum atomic E-state index is 12.7. The van der Waals surface area contributed by atoms with Crippen LogP contribution in [0.1, 0.15) is 27.2 Å². The fraction of sp³-hybridized carbons (Fsp3) is 0.190. The first-order valence-corrected chi connectivity index (χ1v) is 8.59. The van der Waals surface area contributed by atoms with Gasteiger partial charge < -0.3 is 15.4 Å². The molecule has 0 saturated heterocycles. The molecule has 1 heterocycles. The quantitative estimate of drug-likeness (QED) is 0.703. The van der Waals surface area contributed by atoms with Crippen LogP contribution in [0, 0.1) is 20.8 Å². The molecule has 0 aliphatic rings. The van der Waals surface area contributed by atoms with Gasteiger partial charge in [-0.3, -0.25) is 4.79 Å². The van der Waals surface area contributed by atoms with Gasteiger partial charge in [0.05, 0.1) is 12.8 Å². The van der Waals surface area contributed by atoms with Crippen molar-refractivity contribution in [3.8, 4) is 5.75 Å². The SMILES string of the molecule is COc1ccccc1Nc1cc(C(=O)Nc2c(C)cc(C)cc2C)ncn1. The number of carbonyl (C=O) groups is 1. The van der Waals surface area contributed by atoms with Gasteiger partial charge in [-0.1, -0.05) is 29.8 Å². The van der Waals surface area contributed by atoms with Crippen molar-refractivity contribution in [2.24, 2.45) is 0 Å². The van der Waals surface area contributed by atoms with E-state index in [0.717, 1.165) is 28.1 Å². The standard InChI is InChI=1S/C21H22N4O2/c1-13-9-14(2)20(15(3)10-13)25-21(26)17-11-19(23-12-22-17)24-16-7-5-6-8-18(16)27-4/h5-12H,1-4H3,(H,25,26)(H,22,23,24). The Morgan fingerprint density at radius 3 is 2.41 bits per heavy atom. The number of hydrogen-bond acceptors (Lipinski definition) is 5. The summed E-state index contributed by atoms with van der Waals surface area (Å²) in [5, 5.41) is 6.11. The summed E-state index contributed by atoms with van der Waals surface area (Å²) in [7, 11) is 1.60. The highest BCUT2D eigenvalue weighted by atomic mass is 16.5. The van der Waals surface area contributed by atoms with E-state index < -0.39 is 0 Å². The Balaban J connectivity index is 1.82. The average Bonchev–Trinajstić information content (AvgIpc) is 2.65. The third-order valence-electron chi connectivity index (χ3n) is 4.18. The van der Waals surface area contributed by atoms with E-state index in [0.29, 0.717) is 11.6 Å². The Kier molecular flexibility index (Phi) is 5.35. The summed E-state index contributed by atoms with van der Waals surface area (Å²) in [6, 6.07) is 13.2. The molecule has 3 aromatic rings. The molecule has 138 valence electrons. The smallest absolute Gasteiger partial charge is 0.274 e. The summed E-state index contributed by atoms with van der Waals surface area (Å²) in [5.41, 5.74) is 5.04. The van der Waals surface area contributed by atoms with Crippen molar-refractivity contribution < 1.29 is 9.53 Å². The highest BCUT2D eigenvalue weighted by Gasteiger charge is 2.13. The van der Waals surface area contributed by atoms with E-state index in [2.05, 4.69) is 20.6 Å². The van der Waals surface area contributed by atoms with E-state index in [1.54, 1.807) is 13.2 Å². The molecule has 27 heavy (non-hydrogen) atoms. The highest BCUT2D eigenvalue weighted by molar-refractivity contribution is 6.04. The maximum Gasteiger partial charge on any atom is 0.274 e.